The van der Waals surface area contributed by atoms with Crippen LogP contribution in [0.2, 0.25) is 0 Å². The topological polar surface area (TPSA) is 60.5 Å². The van der Waals surface area contributed by atoms with Crippen LogP contribution in [0.3, 0.4) is 0 Å². The van der Waals surface area contributed by atoms with Crippen molar-refractivity contribution in [2.75, 3.05) is 11.2 Å². The van der Waals surface area contributed by atoms with Gasteiger partial charge in [-0.1, -0.05) is 18.2 Å². The zero-order valence-electron chi connectivity index (χ0n) is 16.7. The van der Waals surface area contributed by atoms with Gasteiger partial charge in [0.25, 0.3) is 0 Å². The van der Waals surface area contributed by atoms with Gasteiger partial charge in [0, 0.05) is 11.6 Å². The Balaban J connectivity index is 1.47. The Morgan fingerprint density at radius 2 is 2.00 bits per heavy atom. The summed E-state index contributed by atoms with van der Waals surface area (Å²) in [5, 5.41) is 2.58. The Kier molecular flexibility index (Phi) is 6.23. The molecule has 1 amide bonds. The summed E-state index contributed by atoms with van der Waals surface area (Å²) in [5.74, 6) is 0.873. The number of nitrogens with one attached hydrogen (secondary N) is 1. The summed E-state index contributed by atoms with van der Waals surface area (Å²) in [6.45, 7) is 0. The molecule has 1 aliphatic rings. The lowest BCUT2D eigenvalue weighted by Crippen LogP contribution is -2.19. The molecule has 0 aliphatic carbocycles. The normalized spacial score (nSPS) is 15.4. The molecule has 0 bridgehead atoms. The Bertz CT molecular complexity index is 1120. The average molecular weight is 463 g/mol. The first-order valence-electron chi connectivity index (χ1n) is 9.79. The number of ether oxygens (including phenoxy) is 2. The van der Waals surface area contributed by atoms with E-state index in [0.717, 1.165) is 11.6 Å². The minimum absolute atomic E-state index is 0.136. The van der Waals surface area contributed by atoms with Crippen LogP contribution in [-0.2, 0) is 17.4 Å². The molecule has 2 heterocycles. The minimum Gasteiger partial charge on any atom is -0.485 e. The van der Waals surface area contributed by atoms with Crippen LogP contribution in [0.5, 0.6) is 17.4 Å². The van der Waals surface area contributed by atoms with Crippen LogP contribution < -0.4 is 14.8 Å². The fourth-order valence-corrected chi connectivity index (χ4v) is 3.58. The fraction of sp³-hybridized carbons (Fsp3) is 0.217. The van der Waals surface area contributed by atoms with Crippen molar-refractivity contribution in [1.82, 2.24) is 4.98 Å². The Morgan fingerprint density at radius 1 is 1.19 bits per heavy atom. The number of hydrogen-bond donors (Lipinski definition) is 1. The van der Waals surface area contributed by atoms with Gasteiger partial charge in [-0.3, -0.25) is 4.79 Å². The Labute approximate surface area is 187 Å². The number of anilines is 1. The first kappa shape index (κ1) is 22.0. The van der Waals surface area contributed by atoms with Crippen molar-refractivity contribution in [3.05, 3.63) is 77.5 Å². The summed E-state index contributed by atoms with van der Waals surface area (Å²) in [4.78, 5) is 15.4. The summed E-state index contributed by atoms with van der Waals surface area (Å²) in [6.07, 6.45) is -2.71. The fourth-order valence-electron chi connectivity index (χ4n) is 3.51. The molecule has 0 saturated heterocycles. The lowest BCUT2D eigenvalue weighted by Gasteiger charge is -2.28. The molecule has 5 nitrogen and oxygen atoms in total. The highest BCUT2D eigenvalue weighted by Gasteiger charge is 2.36. The molecule has 4 rings (SSSR count). The molecule has 3 aromatic rings. The number of halogens is 4. The highest BCUT2D eigenvalue weighted by molar-refractivity contribution is 6.29. The molecule has 2 aromatic carbocycles. The zero-order chi connectivity index (χ0) is 22.7. The van der Waals surface area contributed by atoms with Gasteiger partial charge in [-0.15, -0.1) is 11.6 Å². The lowest BCUT2D eigenvalue weighted by atomic mass is 9.94. The van der Waals surface area contributed by atoms with Crippen molar-refractivity contribution >= 4 is 23.2 Å². The number of aryl methyl sites for hydroxylation is 1. The van der Waals surface area contributed by atoms with Gasteiger partial charge in [-0.05, 0) is 48.7 Å². The number of aromatic nitrogens is 1. The Hall–Kier alpha value is -3.26. The second-order valence-corrected chi connectivity index (χ2v) is 7.44. The van der Waals surface area contributed by atoms with Gasteiger partial charge < -0.3 is 14.8 Å². The highest BCUT2D eigenvalue weighted by atomic mass is 35.5. The summed E-state index contributed by atoms with van der Waals surface area (Å²) >= 11 is 5.45. The van der Waals surface area contributed by atoms with E-state index in [2.05, 4.69) is 10.3 Å². The minimum atomic E-state index is -4.44. The van der Waals surface area contributed by atoms with E-state index < -0.39 is 17.8 Å². The van der Waals surface area contributed by atoms with Gasteiger partial charge in [0.2, 0.25) is 11.8 Å². The number of hydrogen-bond acceptors (Lipinski definition) is 4. The third-order valence-corrected chi connectivity index (χ3v) is 5.20. The van der Waals surface area contributed by atoms with Crippen LogP contribution in [0.15, 0.2) is 60.8 Å². The number of nitrogens with zero attached hydrogens (tertiary/aromatic N) is 1. The van der Waals surface area contributed by atoms with Gasteiger partial charge in [0.15, 0.2) is 0 Å². The van der Waals surface area contributed by atoms with Crippen LogP contribution in [0.1, 0.15) is 29.2 Å². The summed E-state index contributed by atoms with van der Waals surface area (Å²) < 4.78 is 51.7. The second-order valence-electron chi connectivity index (χ2n) is 7.17. The maximum Gasteiger partial charge on any atom is 0.416 e. The molecule has 9 heteroatoms. The first-order valence-corrected chi connectivity index (χ1v) is 10.3. The monoisotopic (exact) mass is 462 g/mol. The number of rotatable bonds is 5. The van der Waals surface area contributed by atoms with E-state index in [1.165, 1.54) is 18.3 Å². The largest absolute Gasteiger partial charge is 0.485 e. The van der Waals surface area contributed by atoms with Crippen LogP contribution in [-0.4, -0.2) is 16.8 Å². The Morgan fingerprint density at radius 3 is 2.72 bits per heavy atom. The van der Waals surface area contributed by atoms with Crippen molar-refractivity contribution in [2.45, 2.75) is 25.1 Å². The molecule has 0 radical (unpaired) electrons. The number of alkyl halides is 4. The maximum absolute atomic E-state index is 13.4. The molecule has 32 heavy (non-hydrogen) atoms. The van der Waals surface area contributed by atoms with E-state index in [9.17, 15) is 18.0 Å². The molecular formula is C23H18ClF3N2O3. The predicted molar refractivity (Wildman–Crippen MR) is 113 cm³/mol. The zero-order valence-corrected chi connectivity index (χ0v) is 17.4. The van der Waals surface area contributed by atoms with Gasteiger partial charge in [-0.2, -0.15) is 13.2 Å². The van der Waals surface area contributed by atoms with Crippen molar-refractivity contribution in [2.24, 2.45) is 0 Å². The molecule has 0 fully saturated rings. The average Bonchev–Trinajstić information content (AvgIpc) is 2.79. The number of benzene rings is 2. The SMILES string of the molecule is O=C(CCl)Nc1ccc(Oc2ccc3c(c2)CCC(c2ccccc2C(F)(F)F)O3)nc1. The molecular weight excluding hydrogens is 445 g/mol. The first-order chi connectivity index (χ1) is 15.3. The summed E-state index contributed by atoms with van der Waals surface area (Å²) in [7, 11) is 0. The summed E-state index contributed by atoms with van der Waals surface area (Å²) in [5.41, 5.74) is 0.794. The molecule has 1 unspecified atom stereocenters. The number of pyridine rings is 1. The molecule has 1 aliphatic heterocycles. The third-order valence-electron chi connectivity index (χ3n) is 4.95. The van der Waals surface area contributed by atoms with Gasteiger partial charge in [0.1, 0.15) is 23.5 Å². The van der Waals surface area contributed by atoms with Crippen LogP contribution in [0.4, 0.5) is 18.9 Å². The van der Waals surface area contributed by atoms with Crippen molar-refractivity contribution in [1.29, 1.82) is 0 Å². The molecule has 1 atom stereocenters. The van der Waals surface area contributed by atoms with Crippen molar-refractivity contribution in [3.63, 3.8) is 0 Å². The third kappa shape index (κ3) is 4.96. The van der Waals surface area contributed by atoms with Gasteiger partial charge >= 0.3 is 6.18 Å². The van der Waals surface area contributed by atoms with E-state index in [1.54, 1.807) is 36.4 Å². The van der Waals surface area contributed by atoms with E-state index in [0.29, 0.717) is 35.9 Å². The maximum atomic E-state index is 13.4. The quantitative estimate of drug-likeness (QED) is 0.463. The molecule has 1 aromatic heterocycles. The number of carbonyl (C=O) groups is 1. The molecule has 166 valence electrons. The van der Waals surface area contributed by atoms with E-state index in [1.807, 2.05) is 0 Å². The van der Waals surface area contributed by atoms with E-state index in [-0.39, 0.29) is 17.4 Å². The van der Waals surface area contributed by atoms with Crippen LogP contribution in [0, 0.1) is 0 Å². The molecule has 0 saturated carbocycles. The highest BCUT2D eigenvalue weighted by Crippen LogP contribution is 2.41. The van der Waals surface area contributed by atoms with E-state index in [4.69, 9.17) is 21.1 Å². The van der Waals surface area contributed by atoms with Gasteiger partial charge in [-0.25, -0.2) is 4.98 Å². The van der Waals surface area contributed by atoms with Gasteiger partial charge in [0.05, 0.1) is 17.4 Å². The van der Waals surface area contributed by atoms with Crippen molar-refractivity contribution < 1.29 is 27.4 Å². The molecule has 0 spiro atoms. The standard InChI is InChI=1S/C23H18ClF3N2O3/c24-12-21(30)29-15-6-10-22(28-13-15)31-16-7-9-19-14(11-16)5-8-20(32-19)17-3-1-2-4-18(17)23(25,26)27/h1-4,6-7,9-11,13,20H,5,8,12H2,(H,29,30). The van der Waals surface area contributed by atoms with Crippen molar-refractivity contribution in [3.8, 4) is 17.4 Å². The smallest absolute Gasteiger partial charge is 0.416 e. The number of fused-ring (bicyclic) bond motifs is 1. The van der Waals surface area contributed by atoms with E-state index >= 15 is 0 Å². The second kappa shape index (κ2) is 9.08. The predicted octanol–water partition coefficient (Wildman–Crippen LogP) is 6.14. The number of carbonyl (C=O) groups excluding carboxylic acids is 1. The summed E-state index contributed by atoms with van der Waals surface area (Å²) in [6, 6.07) is 13.9. The van der Waals surface area contributed by atoms with Crippen LogP contribution >= 0.6 is 11.6 Å². The number of amides is 1. The lowest BCUT2D eigenvalue weighted by molar-refractivity contribution is -0.139. The molecule has 1 N–H and O–H groups in total. The van der Waals surface area contributed by atoms with Crippen LogP contribution in [0.25, 0.3) is 0 Å².